The third-order valence-corrected chi connectivity index (χ3v) is 3.58. The van der Waals surface area contributed by atoms with Crippen LogP contribution < -0.4 is 10.1 Å². The zero-order valence-corrected chi connectivity index (χ0v) is 11.9. The summed E-state index contributed by atoms with van der Waals surface area (Å²) < 4.78 is 10.5. The highest BCUT2D eigenvalue weighted by Crippen LogP contribution is 2.18. The number of hydrogen-bond donors (Lipinski definition) is 1. The summed E-state index contributed by atoms with van der Waals surface area (Å²) in [6.07, 6.45) is 0. The molecule has 0 aliphatic carbocycles. The molecular weight excluding hydrogens is 266 g/mol. The molecule has 0 fully saturated rings. The first-order valence-corrected chi connectivity index (χ1v) is 6.89. The van der Waals surface area contributed by atoms with Crippen LogP contribution in [-0.4, -0.2) is 13.1 Å². The van der Waals surface area contributed by atoms with Gasteiger partial charge in [-0.25, -0.2) is 4.79 Å². The number of carbonyl (C=O) groups excluding carboxylic acids is 1. The van der Waals surface area contributed by atoms with E-state index in [-0.39, 0.29) is 12.6 Å². The van der Waals surface area contributed by atoms with E-state index in [2.05, 4.69) is 5.32 Å². The number of benzene rings is 2. The van der Waals surface area contributed by atoms with Crippen LogP contribution in [0.15, 0.2) is 42.5 Å². The molecular formula is C17H17NO3. The number of nitrogens with one attached hydrogen (secondary N) is 1. The number of methoxy groups -OCH3 is 1. The highest BCUT2D eigenvalue weighted by atomic mass is 16.5. The molecule has 108 valence electrons. The Bertz CT molecular complexity index is 667. The molecule has 0 radical (unpaired) electrons. The lowest BCUT2D eigenvalue weighted by Gasteiger charge is -2.07. The summed E-state index contributed by atoms with van der Waals surface area (Å²) in [4.78, 5) is 12.1. The number of ether oxygens (including phenoxy) is 2. The van der Waals surface area contributed by atoms with Crippen molar-refractivity contribution in [1.29, 1.82) is 0 Å². The molecule has 0 saturated carbocycles. The van der Waals surface area contributed by atoms with Gasteiger partial charge in [-0.3, -0.25) is 0 Å². The van der Waals surface area contributed by atoms with Gasteiger partial charge in [-0.05, 0) is 41.0 Å². The van der Waals surface area contributed by atoms with Crippen LogP contribution in [0.1, 0.15) is 27.0 Å². The van der Waals surface area contributed by atoms with Gasteiger partial charge in [0.25, 0.3) is 0 Å². The summed E-state index contributed by atoms with van der Waals surface area (Å²) >= 11 is 0. The Labute approximate surface area is 123 Å². The fourth-order valence-corrected chi connectivity index (χ4v) is 2.42. The molecule has 0 atom stereocenters. The first-order valence-electron chi connectivity index (χ1n) is 6.89. The van der Waals surface area contributed by atoms with Crippen molar-refractivity contribution in [1.82, 2.24) is 5.32 Å². The van der Waals surface area contributed by atoms with Gasteiger partial charge in [-0.15, -0.1) is 0 Å². The lowest BCUT2D eigenvalue weighted by atomic mass is 10.1. The van der Waals surface area contributed by atoms with Crippen LogP contribution in [-0.2, 0) is 24.4 Å². The van der Waals surface area contributed by atoms with Crippen molar-refractivity contribution in [2.75, 3.05) is 7.11 Å². The number of esters is 1. The normalized spacial score (nSPS) is 12.8. The zero-order chi connectivity index (χ0) is 14.7. The lowest BCUT2D eigenvalue weighted by Crippen LogP contribution is -2.06. The molecule has 0 spiro atoms. The van der Waals surface area contributed by atoms with Crippen LogP contribution >= 0.6 is 0 Å². The van der Waals surface area contributed by atoms with Gasteiger partial charge in [0.15, 0.2) is 0 Å². The largest absolute Gasteiger partial charge is 0.497 e. The van der Waals surface area contributed by atoms with Crippen molar-refractivity contribution in [3.8, 4) is 5.75 Å². The number of rotatable bonds is 4. The Balaban J connectivity index is 1.66. The Morgan fingerprint density at radius 1 is 1.14 bits per heavy atom. The molecule has 4 nitrogen and oxygen atoms in total. The summed E-state index contributed by atoms with van der Waals surface area (Å²) in [7, 11) is 1.61. The third-order valence-electron chi connectivity index (χ3n) is 3.58. The maximum atomic E-state index is 12.1. The Kier molecular flexibility index (Phi) is 3.88. The standard InChI is InChI=1S/C17H17NO3/c1-20-16-4-2-3-12(7-16)11-21-17(19)13-5-6-14-9-18-10-15(14)8-13/h2-8,18H,9-11H2,1H3. The average molecular weight is 283 g/mol. The molecule has 4 heteroatoms. The van der Waals surface area contributed by atoms with Crippen molar-refractivity contribution in [2.45, 2.75) is 19.7 Å². The molecule has 3 rings (SSSR count). The molecule has 0 bridgehead atoms. The highest BCUT2D eigenvalue weighted by molar-refractivity contribution is 5.89. The van der Waals surface area contributed by atoms with Crippen molar-refractivity contribution < 1.29 is 14.3 Å². The second kappa shape index (κ2) is 5.97. The maximum Gasteiger partial charge on any atom is 0.338 e. The molecule has 1 heterocycles. The second-order valence-electron chi connectivity index (χ2n) is 5.01. The van der Waals surface area contributed by atoms with Gasteiger partial charge in [0.05, 0.1) is 12.7 Å². The summed E-state index contributed by atoms with van der Waals surface area (Å²) in [5.41, 5.74) is 3.93. The predicted octanol–water partition coefficient (Wildman–Crippen LogP) is 2.66. The monoisotopic (exact) mass is 283 g/mol. The summed E-state index contributed by atoms with van der Waals surface area (Å²) in [6, 6.07) is 13.2. The van der Waals surface area contributed by atoms with Crippen molar-refractivity contribution in [3.63, 3.8) is 0 Å². The molecule has 1 aliphatic heterocycles. The van der Waals surface area contributed by atoms with Gasteiger partial charge in [0, 0.05) is 13.1 Å². The van der Waals surface area contributed by atoms with Crippen LogP contribution in [0.5, 0.6) is 5.75 Å². The number of carbonyl (C=O) groups is 1. The Hall–Kier alpha value is -2.33. The molecule has 2 aromatic rings. The molecule has 1 aliphatic rings. The minimum absolute atomic E-state index is 0.241. The average Bonchev–Trinajstić information content (AvgIpc) is 3.00. The third kappa shape index (κ3) is 3.06. The minimum Gasteiger partial charge on any atom is -0.497 e. The second-order valence-corrected chi connectivity index (χ2v) is 5.01. The van der Waals surface area contributed by atoms with Crippen LogP contribution in [0, 0.1) is 0 Å². The quantitative estimate of drug-likeness (QED) is 0.876. The molecule has 21 heavy (non-hydrogen) atoms. The van der Waals surface area contributed by atoms with Gasteiger partial charge in [-0.1, -0.05) is 18.2 Å². The van der Waals surface area contributed by atoms with E-state index in [1.807, 2.05) is 42.5 Å². The van der Waals surface area contributed by atoms with E-state index in [0.717, 1.165) is 24.4 Å². The highest BCUT2D eigenvalue weighted by Gasteiger charge is 2.14. The van der Waals surface area contributed by atoms with Crippen LogP contribution in [0.3, 0.4) is 0 Å². The van der Waals surface area contributed by atoms with E-state index in [1.54, 1.807) is 7.11 Å². The number of hydrogen-bond acceptors (Lipinski definition) is 4. The molecule has 0 unspecified atom stereocenters. The summed E-state index contributed by atoms with van der Waals surface area (Å²) in [5, 5.41) is 3.26. The van der Waals surface area contributed by atoms with E-state index in [0.29, 0.717) is 5.56 Å². The molecule has 2 aromatic carbocycles. The number of fused-ring (bicyclic) bond motifs is 1. The van der Waals surface area contributed by atoms with E-state index in [4.69, 9.17) is 9.47 Å². The minimum atomic E-state index is -0.299. The van der Waals surface area contributed by atoms with Gasteiger partial charge < -0.3 is 14.8 Å². The first kappa shape index (κ1) is 13.6. The van der Waals surface area contributed by atoms with Crippen molar-refractivity contribution in [2.24, 2.45) is 0 Å². The molecule has 1 N–H and O–H groups in total. The van der Waals surface area contributed by atoms with Crippen LogP contribution in [0.2, 0.25) is 0 Å². The summed E-state index contributed by atoms with van der Waals surface area (Å²) in [6.45, 7) is 1.92. The van der Waals surface area contributed by atoms with Gasteiger partial charge in [0.2, 0.25) is 0 Å². The van der Waals surface area contributed by atoms with Gasteiger partial charge >= 0.3 is 5.97 Å². The van der Waals surface area contributed by atoms with Gasteiger partial charge in [-0.2, -0.15) is 0 Å². The topological polar surface area (TPSA) is 47.6 Å². The fourth-order valence-electron chi connectivity index (χ4n) is 2.42. The Morgan fingerprint density at radius 2 is 2.00 bits per heavy atom. The molecule has 0 amide bonds. The van der Waals surface area contributed by atoms with E-state index >= 15 is 0 Å². The van der Waals surface area contributed by atoms with Crippen LogP contribution in [0.4, 0.5) is 0 Å². The maximum absolute atomic E-state index is 12.1. The molecule has 0 saturated heterocycles. The molecule has 0 aromatic heterocycles. The fraction of sp³-hybridized carbons (Fsp3) is 0.235. The van der Waals surface area contributed by atoms with E-state index in [9.17, 15) is 4.79 Å². The van der Waals surface area contributed by atoms with E-state index in [1.165, 1.54) is 11.1 Å². The smallest absolute Gasteiger partial charge is 0.338 e. The van der Waals surface area contributed by atoms with E-state index < -0.39 is 0 Å². The summed E-state index contributed by atoms with van der Waals surface area (Å²) in [5.74, 6) is 0.458. The Morgan fingerprint density at radius 3 is 2.86 bits per heavy atom. The van der Waals surface area contributed by atoms with Crippen molar-refractivity contribution >= 4 is 5.97 Å². The zero-order valence-electron chi connectivity index (χ0n) is 11.9. The van der Waals surface area contributed by atoms with Gasteiger partial charge in [0.1, 0.15) is 12.4 Å². The first-order chi connectivity index (χ1) is 10.3. The lowest BCUT2D eigenvalue weighted by molar-refractivity contribution is 0.0472. The SMILES string of the molecule is COc1cccc(COC(=O)c2ccc3c(c2)CNC3)c1. The van der Waals surface area contributed by atoms with Crippen molar-refractivity contribution in [3.05, 3.63) is 64.7 Å². The predicted molar refractivity (Wildman–Crippen MR) is 79.1 cm³/mol. The van der Waals surface area contributed by atoms with Crippen LogP contribution in [0.25, 0.3) is 0 Å².